The van der Waals surface area contributed by atoms with E-state index in [0.717, 1.165) is 37.0 Å². The molecule has 1 aliphatic carbocycles. The summed E-state index contributed by atoms with van der Waals surface area (Å²) in [5, 5.41) is 3.87. The van der Waals surface area contributed by atoms with E-state index in [-0.39, 0.29) is 11.8 Å². The van der Waals surface area contributed by atoms with Crippen LogP contribution in [0.1, 0.15) is 51.1 Å². The van der Waals surface area contributed by atoms with Crippen molar-refractivity contribution in [1.82, 2.24) is 5.32 Å². The van der Waals surface area contributed by atoms with E-state index in [0.29, 0.717) is 11.3 Å². The third-order valence-electron chi connectivity index (χ3n) is 4.37. The maximum absolute atomic E-state index is 12.2. The number of hydrogen-bond acceptors (Lipinski definition) is 3. The highest BCUT2D eigenvalue weighted by atomic mass is 32.2. The lowest BCUT2D eigenvalue weighted by atomic mass is 9.93. The summed E-state index contributed by atoms with van der Waals surface area (Å²) in [4.78, 5) is 0. The Morgan fingerprint density at radius 2 is 2.00 bits per heavy atom. The molecule has 0 heterocycles. The molecule has 23 heavy (non-hydrogen) atoms. The van der Waals surface area contributed by atoms with Crippen LogP contribution in [0, 0.1) is 0 Å². The van der Waals surface area contributed by atoms with Gasteiger partial charge >= 0.3 is 6.61 Å². The van der Waals surface area contributed by atoms with Gasteiger partial charge in [-0.3, -0.25) is 4.21 Å². The van der Waals surface area contributed by atoms with Gasteiger partial charge in [-0.25, -0.2) is 0 Å². The fourth-order valence-corrected chi connectivity index (χ4v) is 4.51. The largest absolute Gasteiger partial charge is 0.435 e. The van der Waals surface area contributed by atoms with Gasteiger partial charge in [0.05, 0.1) is 0 Å². The Labute approximate surface area is 139 Å². The normalized spacial score (nSPS) is 24.4. The molecule has 0 unspecified atom stereocenters. The van der Waals surface area contributed by atoms with Gasteiger partial charge in [-0.15, -0.1) is 0 Å². The second-order valence-corrected chi connectivity index (χ2v) is 8.00. The molecule has 1 N–H and O–H groups in total. The van der Waals surface area contributed by atoms with Crippen molar-refractivity contribution >= 4 is 10.8 Å². The summed E-state index contributed by atoms with van der Waals surface area (Å²) in [5.74, 6) is 0.894. The molecule has 0 aliphatic heterocycles. The van der Waals surface area contributed by atoms with E-state index in [1.807, 2.05) is 6.92 Å². The zero-order chi connectivity index (χ0) is 16.8. The average Bonchev–Trinajstić information content (AvgIpc) is 2.54. The molecule has 1 aromatic carbocycles. The number of hydrogen-bond donors (Lipinski definition) is 1. The SMILES string of the molecule is CC[S@@](=O)[C@@H]1CCC[C@H](N[C@@H](C)c2ccc(OC(F)F)cc2)C1. The Morgan fingerprint density at radius 1 is 1.30 bits per heavy atom. The third kappa shape index (κ3) is 5.53. The topological polar surface area (TPSA) is 38.3 Å². The minimum absolute atomic E-state index is 0.120. The van der Waals surface area contributed by atoms with Crippen LogP contribution in [0.4, 0.5) is 8.78 Å². The van der Waals surface area contributed by atoms with Crippen LogP contribution in [0.2, 0.25) is 0 Å². The summed E-state index contributed by atoms with van der Waals surface area (Å²) in [6.45, 7) is 1.23. The second-order valence-electron chi connectivity index (χ2n) is 5.99. The lowest BCUT2D eigenvalue weighted by molar-refractivity contribution is -0.0498. The van der Waals surface area contributed by atoms with E-state index in [2.05, 4.69) is 17.0 Å². The first-order valence-electron chi connectivity index (χ1n) is 8.17. The Bertz CT molecular complexity index is 510. The summed E-state index contributed by atoms with van der Waals surface area (Å²) >= 11 is 0. The van der Waals surface area contributed by atoms with Gasteiger partial charge in [0.15, 0.2) is 0 Å². The molecule has 1 aliphatic rings. The number of benzene rings is 1. The zero-order valence-electron chi connectivity index (χ0n) is 13.6. The molecule has 0 bridgehead atoms. The van der Waals surface area contributed by atoms with Crippen molar-refractivity contribution in [3.8, 4) is 5.75 Å². The van der Waals surface area contributed by atoms with Crippen LogP contribution in [-0.4, -0.2) is 27.9 Å². The first-order chi connectivity index (χ1) is 11.0. The molecular formula is C17H25F2NO2S. The van der Waals surface area contributed by atoms with E-state index in [4.69, 9.17) is 0 Å². The number of ether oxygens (including phenoxy) is 1. The van der Waals surface area contributed by atoms with Gasteiger partial charge in [0.2, 0.25) is 0 Å². The smallest absolute Gasteiger partial charge is 0.387 e. The fourth-order valence-electron chi connectivity index (χ4n) is 3.16. The maximum atomic E-state index is 12.2. The highest BCUT2D eigenvalue weighted by Crippen LogP contribution is 2.26. The predicted molar refractivity (Wildman–Crippen MR) is 89.4 cm³/mol. The Hall–Kier alpha value is -1.01. The Morgan fingerprint density at radius 3 is 2.61 bits per heavy atom. The molecule has 2 rings (SSSR count). The third-order valence-corrected chi connectivity index (χ3v) is 6.11. The molecular weight excluding hydrogens is 320 g/mol. The summed E-state index contributed by atoms with van der Waals surface area (Å²) in [7, 11) is -0.730. The van der Waals surface area contributed by atoms with Crippen molar-refractivity contribution in [2.75, 3.05) is 5.75 Å². The summed E-state index contributed by atoms with van der Waals surface area (Å²) in [6.07, 6.45) is 4.18. The van der Waals surface area contributed by atoms with Crippen molar-refractivity contribution in [3.63, 3.8) is 0 Å². The summed E-state index contributed by atoms with van der Waals surface area (Å²) in [5.41, 5.74) is 1.03. The molecule has 1 aromatic rings. The zero-order valence-corrected chi connectivity index (χ0v) is 14.5. The highest BCUT2D eigenvalue weighted by Gasteiger charge is 2.26. The molecule has 1 saturated carbocycles. The van der Waals surface area contributed by atoms with Crippen LogP contribution in [0.3, 0.4) is 0 Å². The van der Waals surface area contributed by atoms with Gasteiger partial charge in [0.1, 0.15) is 5.75 Å². The number of halogens is 2. The second kappa shape index (κ2) is 8.73. The van der Waals surface area contributed by atoms with E-state index < -0.39 is 17.4 Å². The van der Waals surface area contributed by atoms with E-state index in [9.17, 15) is 13.0 Å². The minimum atomic E-state index is -2.80. The van der Waals surface area contributed by atoms with Crippen molar-refractivity contribution in [2.45, 2.75) is 63.5 Å². The number of alkyl halides is 2. The fraction of sp³-hybridized carbons (Fsp3) is 0.647. The lowest BCUT2D eigenvalue weighted by Gasteiger charge is -2.31. The molecule has 4 atom stereocenters. The van der Waals surface area contributed by atoms with Crippen molar-refractivity contribution in [1.29, 1.82) is 0 Å². The van der Waals surface area contributed by atoms with Crippen LogP contribution < -0.4 is 10.1 Å². The van der Waals surface area contributed by atoms with Crippen LogP contribution in [0.15, 0.2) is 24.3 Å². The van der Waals surface area contributed by atoms with Gasteiger partial charge in [0, 0.05) is 33.9 Å². The monoisotopic (exact) mass is 345 g/mol. The van der Waals surface area contributed by atoms with Gasteiger partial charge < -0.3 is 10.1 Å². The number of nitrogens with one attached hydrogen (secondary N) is 1. The predicted octanol–water partition coefficient (Wildman–Crippen LogP) is 4.02. The Kier molecular flexibility index (Phi) is 6.96. The molecule has 130 valence electrons. The molecule has 0 radical (unpaired) electrons. The van der Waals surface area contributed by atoms with Gasteiger partial charge in [0.25, 0.3) is 0 Å². The lowest BCUT2D eigenvalue weighted by Crippen LogP contribution is -2.39. The van der Waals surface area contributed by atoms with Crippen LogP contribution >= 0.6 is 0 Å². The highest BCUT2D eigenvalue weighted by molar-refractivity contribution is 7.85. The van der Waals surface area contributed by atoms with Crippen LogP contribution in [0.25, 0.3) is 0 Å². The van der Waals surface area contributed by atoms with Crippen molar-refractivity contribution < 1.29 is 17.7 Å². The first-order valence-corrected chi connectivity index (χ1v) is 9.55. The Balaban J connectivity index is 1.90. The molecule has 0 aromatic heterocycles. The van der Waals surface area contributed by atoms with Gasteiger partial charge in [-0.2, -0.15) is 8.78 Å². The van der Waals surface area contributed by atoms with Gasteiger partial charge in [-0.05, 0) is 43.9 Å². The average molecular weight is 345 g/mol. The van der Waals surface area contributed by atoms with Crippen LogP contribution in [-0.2, 0) is 10.8 Å². The first kappa shape index (κ1) is 18.3. The standard InChI is InChI=1S/C17H25F2NO2S/c1-3-23(21)16-6-4-5-14(11-16)20-12(2)13-7-9-15(10-8-13)22-17(18)19/h7-10,12,14,16-17,20H,3-6,11H2,1-2H3/t12-,14-,16+,23+/m0/s1. The quantitative estimate of drug-likeness (QED) is 0.811. The summed E-state index contributed by atoms with van der Waals surface area (Å²) in [6, 6.07) is 7.22. The van der Waals surface area contributed by atoms with E-state index in [1.165, 1.54) is 0 Å². The van der Waals surface area contributed by atoms with E-state index >= 15 is 0 Å². The minimum Gasteiger partial charge on any atom is -0.435 e. The molecule has 6 heteroatoms. The van der Waals surface area contributed by atoms with Crippen LogP contribution in [0.5, 0.6) is 5.75 Å². The van der Waals surface area contributed by atoms with Crippen molar-refractivity contribution in [3.05, 3.63) is 29.8 Å². The maximum Gasteiger partial charge on any atom is 0.387 e. The van der Waals surface area contributed by atoms with E-state index in [1.54, 1.807) is 24.3 Å². The molecule has 0 amide bonds. The molecule has 1 fully saturated rings. The van der Waals surface area contributed by atoms with Gasteiger partial charge in [-0.1, -0.05) is 25.5 Å². The number of rotatable bonds is 7. The van der Waals surface area contributed by atoms with Crippen molar-refractivity contribution in [2.24, 2.45) is 0 Å². The molecule has 0 spiro atoms. The molecule has 3 nitrogen and oxygen atoms in total. The summed E-state index contributed by atoms with van der Waals surface area (Å²) < 4.78 is 40.7. The molecule has 0 saturated heterocycles.